The number of anilines is 1. The second-order valence-electron chi connectivity index (χ2n) is 8.68. The zero-order chi connectivity index (χ0) is 20.2. The number of rotatable bonds is 5. The minimum atomic E-state index is -2.92. The Kier molecular flexibility index (Phi) is 4.15. The molecule has 1 aromatic carbocycles. The topological polar surface area (TPSA) is 71.3 Å². The summed E-state index contributed by atoms with van der Waals surface area (Å²) in [5.41, 5.74) is 1.05. The van der Waals surface area contributed by atoms with Crippen LogP contribution in [-0.4, -0.2) is 46.1 Å². The number of halogens is 2. The van der Waals surface area contributed by atoms with E-state index < -0.39 is 23.8 Å². The van der Waals surface area contributed by atoms with Gasteiger partial charge in [-0.15, -0.1) is 5.10 Å². The van der Waals surface area contributed by atoms with Gasteiger partial charge < -0.3 is 14.6 Å². The van der Waals surface area contributed by atoms with Crippen LogP contribution < -0.4 is 5.32 Å². The predicted octanol–water partition coefficient (Wildman–Crippen LogP) is 3.79. The number of hydrogen-bond donors (Lipinski definition) is 1. The molecule has 1 spiro atoms. The van der Waals surface area contributed by atoms with Crippen LogP contribution in [0.3, 0.4) is 0 Å². The molecule has 3 atom stereocenters. The van der Waals surface area contributed by atoms with Gasteiger partial charge in [0.1, 0.15) is 12.0 Å². The summed E-state index contributed by atoms with van der Waals surface area (Å²) >= 11 is 0. The number of aromatic nitrogens is 2. The van der Waals surface area contributed by atoms with Crippen LogP contribution in [0, 0.1) is 5.41 Å². The summed E-state index contributed by atoms with van der Waals surface area (Å²) in [5.74, 6) is -5.13. The number of alkyl halides is 2. The number of hydrogen-bond acceptors (Lipinski definition) is 5. The van der Waals surface area contributed by atoms with Crippen LogP contribution >= 0.6 is 0 Å². The number of benzene rings is 1. The van der Waals surface area contributed by atoms with E-state index in [1.165, 1.54) is 12.8 Å². The highest BCUT2D eigenvalue weighted by Crippen LogP contribution is 2.66. The van der Waals surface area contributed by atoms with Crippen molar-refractivity contribution in [1.29, 1.82) is 0 Å². The molecule has 3 aliphatic rings. The van der Waals surface area contributed by atoms with Gasteiger partial charge in [0.25, 0.3) is 5.92 Å². The third-order valence-electron chi connectivity index (χ3n) is 6.72. The molecule has 2 unspecified atom stereocenters. The van der Waals surface area contributed by atoms with Crippen molar-refractivity contribution in [2.24, 2.45) is 5.41 Å². The molecule has 1 amide bonds. The fourth-order valence-corrected chi connectivity index (χ4v) is 4.53. The van der Waals surface area contributed by atoms with Crippen LogP contribution in [0.25, 0.3) is 0 Å². The third kappa shape index (κ3) is 3.28. The van der Waals surface area contributed by atoms with E-state index in [4.69, 9.17) is 4.42 Å². The Balaban J connectivity index is 1.22. The van der Waals surface area contributed by atoms with Gasteiger partial charge in [0, 0.05) is 13.1 Å². The largest absolute Gasteiger partial charge is 0.408 e. The molecule has 2 aliphatic carbocycles. The lowest BCUT2D eigenvalue weighted by Crippen LogP contribution is -2.45. The lowest BCUT2D eigenvalue weighted by molar-refractivity contribution is -0.133. The molecule has 6 nitrogen and oxygen atoms in total. The maximum absolute atomic E-state index is 14.3. The second-order valence-corrected chi connectivity index (χ2v) is 8.68. The van der Waals surface area contributed by atoms with Crippen molar-refractivity contribution in [3.8, 4) is 0 Å². The fourth-order valence-electron chi connectivity index (χ4n) is 4.53. The average molecular weight is 402 g/mol. The Morgan fingerprint density at radius 1 is 1.14 bits per heavy atom. The van der Waals surface area contributed by atoms with E-state index >= 15 is 0 Å². The molecule has 1 aromatic heterocycles. The Morgan fingerprint density at radius 3 is 2.48 bits per heavy atom. The van der Waals surface area contributed by atoms with Crippen molar-refractivity contribution >= 4 is 11.9 Å². The SMILES string of the molecule is C[C@@H](Nc1nnc(C2C(c3ccccc3)C2(F)F)o1)C(=O)N1CCC2(CC1)CC2. The van der Waals surface area contributed by atoms with Crippen molar-refractivity contribution < 1.29 is 18.0 Å². The molecule has 1 aliphatic heterocycles. The van der Waals surface area contributed by atoms with Crippen molar-refractivity contribution in [2.75, 3.05) is 18.4 Å². The Hall–Kier alpha value is -2.51. The molecule has 3 fully saturated rings. The average Bonchev–Trinajstić information content (AvgIpc) is 3.53. The molecule has 8 heteroatoms. The van der Waals surface area contributed by atoms with Gasteiger partial charge in [-0.1, -0.05) is 35.4 Å². The van der Waals surface area contributed by atoms with Crippen LogP contribution in [0.1, 0.15) is 55.9 Å². The van der Waals surface area contributed by atoms with E-state index in [-0.39, 0.29) is 17.8 Å². The first-order chi connectivity index (χ1) is 13.9. The Bertz CT molecular complexity index is 902. The highest BCUT2D eigenvalue weighted by molar-refractivity contribution is 5.83. The minimum Gasteiger partial charge on any atom is -0.408 e. The molecule has 2 saturated carbocycles. The minimum absolute atomic E-state index is 0.00559. The lowest BCUT2D eigenvalue weighted by Gasteiger charge is -2.33. The van der Waals surface area contributed by atoms with Gasteiger partial charge in [-0.25, -0.2) is 8.78 Å². The maximum Gasteiger partial charge on any atom is 0.316 e. The number of piperidine rings is 1. The fraction of sp³-hybridized carbons (Fsp3) is 0.571. The van der Waals surface area contributed by atoms with Gasteiger partial charge in [0.05, 0.1) is 5.92 Å². The summed E-state index contributed by atoms with van der Waals surface area (Å²) < 4.78 is 34.1. The first-order valence-electron chi connectivity index (χ1n) is 10.2. The van der Waals surface area contributed by atoms with Crippen LogP contribution in [0.2, 0.25) is 0 Å². The monoisotopic (exact) mass is 402 g/mol. The summed E-state index contributed by atoms with van der Waals surface area (Å²) in [6.07, 6.45) is 4.69. The molecule has 2 heterocycles. The van der Waals surface area contributed by atoms with Crippen LogP contribution in [-0.2, 0) is 4.79 Å². The lowest BCUT2D eigenvalue weighted by atomic mass is 9.93. The third-order valence-corrected chi connectivity index (χ3v) is 6.72. The van der Waals surface area contributed by atoms with E-state index in [1.54, 1.807) is 37.3 Å². The molecule has 1 N–H and O–H groups in total. The van der Waals surface area contributed by atoms with Gasteiger partial charge in [0.15, 0.2) is 0 Å². The molecular formula is C21H24F2N4O2. The Labute approximate surface area is 167 Å². The maximum atomic E-state index is 14.3. The normalized spacial score (nSPS) is 27.5. The summed E-state index contributed by atoms with van der Waals surface area (Å²) in [4.78, 5) is 14.5. The highest BCUT2D eigenvalue weighted by atomic mass is 19.3. The summed E-state index contributed by atoms with van der Waals surface area (Å²) in [6.45, 7) is 3.27. The van der Waals surface area contributed by atoms with E-state index in [1.807, 2.05) is 4.90 Å². The molecule has 1 saturated heterocycles. The van der Waals surface area contributed by atoms with Crippen molar-refractivity contribution in [3.05, 3.63) is 41.8 Å². The molecule has 5 rings (SSSR count). The molecular weight excluding hydrogens is 378 g/mol. The van der Waals surface area contributed by atoms with E-state index in [2.05, 4.69) is 15.5 Å². The first-order valence-corrected chi connectivity index (χ1v) is 10.2. The van der Waals surface area contributed by atoms with Crippen molar-refractivity contribution in [3.63, 3.8) is 0 Å². The number of nitrogens with one attached hydrogen (secondary N) is 1. The van der Waals surface area contributed by atoms with Gasteiger partial charge in [-0.2, -0.15) is 0 Å². The number of nitrogens with zero attached hydrogens (tertiary/aromatic N) is 3. The standard InChI is InChI=1S/C21H24F2N4O2/c1-13(18(28)27-11-9-20(7-8-20)10-12-27)24-19-26-25-17(29-19)16-15(21(16,22)23)14-5-3-2-4-6-14/h2-6,13,15-16H,7-12H2,1H3,(H,24,26)/t13-,15?,16?/m1/s1. The smallest absolute Gasteiger partial charge is 0.316 e. The number of amides is 1. The van der Waals surface area contributed by atoms with Gasteiger partial charge in [0.2, 0.25) is 11.8 Å². The zero-order valence-corrected chi connectivity index (χ0v) is 16.3. The van der Waals surface area contributed by atoms with E-state index in [0.29, 0.717) is 11.0 Å². The highest BCUT2D eigenvalue weighted by Gasteiger charge is 2.72. The molecule has 0 radical (unpaired) electrons. The zero-order valence-electron chi connectivity index (χ0n) is 16.3. The van der Waals surface area contributed by atoms with Crippen molar-refractivity contribution in [1.82, 2.24) is 15.1 Å². The quantitative estimate of drug-likeness (QED) is 0.824. The number of carbonyl (C=O) groups is 1. The molecule has 2 aromatic rings. The van der Waals surface area contributed by atoms with Crippen LogP contribution in [0.5, 0.6) is 0 Å². The summed E-state index contributed by atoms with van der Waals surface area (Å²) in [6, 6.07) is 8.07. The molecule has 0 bridgehead atoms. The van der Waals surface area contributed by atoms with E-state index in [9.17, 15) is 13.6 Å². The molecule has 154 valence electrons. The van der Waals surface area contributed by atoms with E-state index in [0.717, 1.165) is 25.9 Å². The van der Waals surface area contributed by atoms with Gasteiger partial charge in [-0.05, 0) is 43.6 Å². The van der Waals surface area contributed by atoms with Crippen LogP contribution in [0.15, 0.2) is 34.7 Å². The summed E-state index contributed by atoms with van der Waals surface area (Å²) in [5, 5.41) is 10.5. The second kappa shape index (κ2) is 6.50. The van der Waals surface area contributed by atoms with Gasteiger partial charge in [-0.3, -0.25) is 4.79 Å². The predicted molar refractivity (Wildman–Crippen MR) is 102 cm³/mol. The first kappa shape index (κ1) is 18.5. The molecule has 29 heavy (non-hydrogen) atoms. The van der Waals surface area contributed by atoms with Crippen LogP contribution in [0.4, 0.5) is 14.8 Å². The number of likely N-dealkylation sites (tertiary alicyclic amines) is 1. The Morgan fingerprint density at radius 2 is 1.83 bits per heavy atom. The number of carbonyl (C=O) groups excluding carboxylic acids is 1. The van der Waals surface area contributed by atoms with Gasteiger partial charge >= 0.3 is 6.01 Å². The van der Waals surface area contributed by atoms with Crippen molar-refractivity contribution in [2.45, 2.75) is 56.4 Å². The summed E-state index contributed by atoms with van der Waals surface area (Å²) in [7, 11) is 0.